The van der Waals surface area contributed by atoms with Crippen molar-refractivity contribution in [2.75, 3.05) is 38.2 Å². The number of hydrogen-bond acceptors (Lipinski definition) is 3. The molecule has 0 spiro atoms. The van der Waals surface area contributed by atoms with Gasteiger partial charge < -0.3 is 19.5 Å². The molecule has 2 heterocycles. The number of ether oxygens (including phenoxy) is 1. The van der Waals surface area contributed by atoms with Crippen LogP contribution in [0.4, 0.5) is 5.69 Å². The topological polar surface area (TPSA) is 48.6 Å². The Kier molecular flexibility index (Phi) is 4.86. The molecule has 1 fully saturated rings. The lowest BCUT2D eigenvalue weighted by Crippen LogP contribution is -2.48. The van der Waals surface area contributed by atoms with Gasteiger partial charge in [-0.1, -0.05) is 0 Å². The third-order valence-electron chi connectivity index (χ3n) is 4.34. The minimum atomic E-state index is 0.244. The highest BCUT2D eigenvalue weighted by molar-refractivity contribution is 5.76. The van der Waals surface area contributed by atoms with Gasteiger partial charge in [0.15, 0.2) is 0 Å². The monoisotopic (exact) mass is 313 g/mol. The Labute approximate surface area is 136 Å². The lowest BCUT2D eigenvalue weighted by molar-refractivity contribution is -0.131. The second-order valence-corrected chi connectivity index (χ2v) is 5.76. The summed E-state index contributed by atoms with van der Waals surface area (Å²) in [6, 6.07) is 12.1. The Balaban J connectivity index is 1.48. The zero-order valence-electron chi connectivity index (χ0n) is 13.5. The molecule has 1 aliphatic rings. The van der Waals surface area contributed by atoms with E-state index in [2.05, 4.69) is 22.0 Å². The van der Waals surface area contributed by atoms with Crippen LogP contribution < -0.4 is 9.64 Å². The Hall–Kier alpha value is -2.43. The van der Waals surface area contributed by atoms with Gasteiger partial charge in [-0.25, -0.2) is 0 Å². The fraction of sp³-hybridized carbons (Fsp3) is 0.389. The first kappa shape index (κ1) is 15.5. The Morgan fingerprint density at radius 2 is 1.87 bits per heavy atom. The van der Waals surface area contributed by atoms with Crippen molar-refractivity contribution in [3.05, 3.63) is 48.3 Å². The number of aromatic nitrogens is 1. The van der Waals surface area contributed by atoms with Crippen LogP contribution in [0.15, 0.2) is 42.6 Å². The number of methoxy groups -OCH3 is 1. The number of anilines is 1. The zero-order valence-corrected chi connectivity index (χ0v) is 13.5. The number of amides is 1. The molecule has 122 valence electrons. The molecule has 1 aromatic carbocycles. The van der Waals surface area contributed by atoms with Crippen molar-refractivity contribution in [1.82, 2.24) is 9.88 Å². The van der Waals surface area contributed by atoms with Gasteiger partial charge in [0.05, 0.1) is 7.11 Å². The van der Waals surface area contributed by atoms with E-state index < -0.39 is 0 Å². The lowest BCUT2D eigenvalue weighted by Gasteiger charge is -2.36. The Bertz CT molecular complexity index is 614. The average molecular weight is 313 g/mol. The minimum Gasteiger partial charge on any atom is -0.497 e. The standard InChI is InChI=1S/C18H23N3O2/c1-23-17-7-5-16(6-8-17)20-11-13-21(14-12-20)18(22)9-4-15-3-2-10-19-15/h2-3,5-8,10,19H,4,9,11-14H2,1H3. The molecule has 0 radical (unpaired) electrons. The normalized spacial score (nSPS) is 14.8. The molecular weight excluding hydrogens is 290 g/mol. The van der Waals surface area contributed by atoms with Crippen LogP contribution in [0.3, 0.4) is 0 Å². The van der Waals surface area contributed by atoms with Gasteiger partial charge in [0.1, 0.15) is 5.75 Å². The molecule has 5 heteroatoms. The summed E-state index contributed by atoms with van der Waals surface area (Å²) < 4.78 is 5.19. The number of nitrogens with one attached hydrogen (secondary N) is 1. The van der Waals surface area contributed by atoms with Crippen molar-refractivity contribution < 1.29 is 9.53 Å². The summed E-state index contributed by atoms with van der Waals surface area (Å²) in [5.74, 6) is 1.11. The first-order valence-electron chi connectivity index (χ1n) is 8.05. The van der Waals surface area contributed by atoms with Crippen molar-refractivity contribution in [3.63, 3.8) is 0 Å². The average Bonchev–Trinajstić information content (AvgIpc) is 3.13. The fourth-order valence-electron chi connectivity index (χ4n) is 2.93. The van der Waals surface area contributed by atoms with E-state index in [9.17, 15) is 4.79 Å². The van der Waals surface area contributed by atoms with Crippen molar-refractivity contribution in [1.29, 1.82) is 0 Å². The van der Waals surface area contributed by atoms with E-state index in [-0.39, 0.29) is 5.91 Å². The summed E-state index contributed by atoms with van der Waals surface area (Å²) in [7, 11) is 1.67. The molecule has 1 saturated heterocycles. The number of nitrogens with zero attached hydrogens (tertiary/aromatic N) is 2. The molecule has 1 aliphatic heterocycles. The number of benzene rings is 1. The van der Waals surface area contributed by atoms with E-state index >= 15 is 0 Å². The van der Waals surface area contributed by atoms with Gasteiger partial charge in [-0.15, -0.1) is 0 Å². The van der Waals surface area contributed by atoms with E-state index in [4.69, 9.17) is 4.74 Å². The summed E-state index contributed by atoms with van der Waals surface area (Å²) in [6.07, 6.45) is 3.25. The largest absolute Gasteiger partial charge is 0.497 e. The van der Waals surface area contributed by atoms with Crippen LogP contribution in [0.25, 0.3) is 0 Å². The lowest BCUT2D eigenvalue weighted by atomic mass is 10.2. The van der Waals surface area contributed by atoms with Gasteiger partial charge in [0, 0.05) is 50.2 Å². The maximum atomic E-state index is 12.3. The first-order valence-corrected chi connectivity index (χ1v) is 8.05. The molecular formula is C18H23N3O2. The van der Waals surface area contributed by atoms with Crippen LogP contribution in [0.2, 0.25) is 0 Å². The summed E-state index contributed by atoms with van der Waals surface area (Å²) in [4.78, 5) is 19.7. The number of carbonyl (C=O) groups is 1. The highest BCUT2D eigenvalue weighted by atomic mass is 16.5. The first-order chi connectivity index (χ1) is 11.3. The molecule has 0 atom stereocenters. The Morgan fingerprint density at radius 3 is 2.48 bits per heavy atom. The van der Waals surface area contributed by atoms with Crippen LogP contribution >= 0.6 is 0 Å². The molecule has 2 aromatic rings. The van der Waals surface area contributed by atoms with Gasteiger partial charge in [0.25, 0.3) is 0 Å². The van der Waals surface area contributed by atoms with Gasteiger partial charge in [-0.05, 0) is 42.8 Å². The maximum absolute atomic E-state index is 12.3. The molecule has 0 unspecified atom stereocenters. The number of hydrogen-bond donors (Lipinski definition) is 1. The molecule has 23 heavy (non-hydrogen) atoms. The molecule has 3 rings (SSSR count). The predicted molar refractivity (Wildman–Crippen MR) is 90.9 cm³/mol. The van der Waals surface area contributed by atoms with Crippen molar-refractivity contribution in [2.24, 2.45) is 0 Å². The van der Waals surface area contributed by atoms with Crippen molar-refractivity contribution in [3.8, 4) is 5.75 Å². The van der Waals surface area contributed by atoms with Gasteiger partial charge >= 0.3 is 0 Å². The second kappa shape index (κ2) is 7.22. The van der Waals surface area contributed by atoms with Gasteiger partial charge in [0.2, 0.25) is 5.91 Å². The smallest absolute Gasteiger partial charge is 0.223 e. The van der Waals surface area contributed by atoms with Crippen LogP contribution in [-0.2, 0) is 11.2 Å². The summed E-state index contributed by atoms with van der Waals surface area (Å²) in [5.41, 5.74) is 2.31. The fourth-order valence-corrected chi connectivity index (χ4v) is 2.93. The number of aromatic amines is 1. The van der Waals surface area contributed by atoms with Crippen molar-refractivity contribution >= 4 is 11.6 Å². The number of aryl methyl sites for hydroxylation is 1. The Morgan fingerprint density at radius 1 is 1.13 bits per heavy atom. The highest BCUT2D eigenvalue weighted by Crippen LogP contribution is 2.20. The van der Waals surface area contributed by atoms with E-state index in [1.165, 1.54) is 5.69 Å². The SMILES string of the molecule is COc1ccc(N2CCN(C(=O)CCc3ccc[nH]3)CC2)cc1. The van der Waals surface area contributed by atoms with Crippen LogP contribution in [-0.4, -0.2) is 49.1 Å². The molecule has 1 amide bonds. The number of rotatable bonds is 5. The van der Waals surface area contributed by atoms with Crippen LogP contribution in [0.5, 0.6) is 5.75 Å². The maximum Gasteiger partial charge on any atom is 0.223 e. The number of piperazine rings is 1. The van der Waals surface area contributed by atoms with E-state index in [0.29, 0.717) is 6.42 Å². The molecule has 0 bridgehead atoms. The predicted octanol–water partition coefficient (Wildman–Crippen LogP) is 2.30. The zero-order chi connectivity index (χ0) is 16.1. The molecule has 5 nitrogen and oxygen atoms in total. The van der Waals surface area contributed by atoms with Gasteiger partial charge in [-0.3, -0.25) is 4.79 Å². The summed E-state index contributed by atoms with van der Waals surface area (Å²) in [5, 5.41) is 0. The third-order valence-corrected chi connectivity index (χ3v) is 4.34. The van der Waals surface area contributed by atoms with Gasteiger partial charge in [-0.2, -0.15) is 0 Å². The summed E-state index contributed by atoms with van der Waals surface area (Å²) >= 11 is 0. The molecule has 0 saturated carbocycles. The molecule has 0 aliphatic carbocycles. The molecule has 1 aromatic heterocycles. The van der Waals surface area contributed by atoms with E-state index in [0.717, 1.165) is 44.0 Å². The highest BCUT2D eigenvalue weighted by Gasteiger charge is 2.21. The van der Waals surface area contributed by atoms with Crippen LogP contribution in [0.1, 0.15) is 12.1 Å². The second-order valence-electron chi connectivity index (χ2n) is 5.76. The molecule has 1 N–H and O–H groups in total. The minimum absolute atomic E-state index is 0.244. The third kappa shape index (κ3) is 3.86. The van der Waals surface area contributed by atoms with Crippen molar-refractivity contribution in [2.45, 2.75) is 12.8 Å². The quantitative estimate of drug-likeness (QED) is 0.921. The van der Waals surface area contributed by atoms with Crippen LogP contribution in [0, 0.1) is 0 Å². The summed E-state index contributed by atoms with van der Waals surface area (Å²) in [6.45, 7) is 3.33. The number of carbonyl (C=O) groups excluding carboxylic acids is 1. The number of H-pyrrole nitrogens is 1. The van der Waals surface area contributed by atoms with E-state index in [1.807, 2.05) is 35.4 Å². The van der Waals surface area contributed by atoms with E-state index in [1.54, 1.807) is 7.11 Å².